The minimum absolute atomic E-state index is 0.0659. The van der Waals surface area contributed by atoms with Crippen LogP contribution in [0.25, 0.3) is 5.82 Å². The molecule has 144 valence electrons. The number of carbonyl (C=O) groups is 1. The van der Waals surface area contributed by atoms with Crippen LogP contribution < -0.4 is 4.74 Å². The van der Waals surface area contributed by atoms with Gasteiger partial charge in [0.05, 0.1) is 25.0 Å². The topological polar surface area (TPSA) is 73.1 Å². The van der Waals surface area contributed by atoms with E-state index in [1.165, 1.54) is 0 Å². The number of amides is 1. The second-order valence-electron chi connectivity index (χ2n) is 6.51. The monoisotopic (exact) mass is 441 g/mol. The molecule has 0 aliphatic carbocycles. The van der Waals surface area contributed by atoms with Crippen LogP contribution >= 0.6 is 15.9 Å². The zero-order valence-corrected chi connectivity index (χ0v) is 17.0. The molecule has 0 spiro atoms. The first-order valence-electron chi connectivity index (χ1n) is 9.23. The second-order valence-corrected chi connectivity index (χ2v) is 7.42. The highest BCUT2D eigenvalue weighted by molar-refractivity contribution is 9.10. The minimum atomic E-state index is -0.0739. The number of nitrogens with zero attached hydrogens (tertiary/aromatic N) is 5. The summed E-state index contributed by atoms with van der Waals surface area (Å²) in [6.07, 6.45) is 6.78. The normalized spacial score (nSPS) is 16.4. The van der Waals surface area contributed by atoms with Crippen LogP contribution in [-0.2, 0) is 0 Å². The molecule has 0 unspecified atom stereocenters. The molecule has 1 atom stereocenters. The van der Waals surface area contributed by atoms with E-state index < -0.39 is 0 Å². The fourth-order valence-electron chi connectivity index (χ4n) is 3.45. The Balaban J connectivity index is 1.56. The summed E-state index contributed by atoms with van der Waals surface area (Å²) in [5.41, 5.74) is 1.53. The minimum Gasteiger partial charge on any atom is -0.477 e. The highest BCUT2D eigenvalue weighted by Crippen LogP contribution is 2.34. The van der Waals surface area contributed by atoms with Gasteiger partial charge in [0.25, 0.3) is 5.91 Å². The summed E-state index contributed by atoms with van der Waals surface area (Å²) in [7, 11) is 0. The van der Waals surface area contributed by atoms with E-state index in [-0.39, 0.29) is 11.9 Å². The van der Waals surface area contributed by atoms with Gasteiger partial charge in [0.2, 0.25) is 5.88 Å². The maximum Gasteiger partial charge on any atom is 0.274 e. The summed E-state index contributed by atoms with van der Waals surface area (Å²) in [6, 6.07) is 9.91. The fraction of sp³-hybridized carbons (Fsp3) is 0.300. The van der Waals surface area contributed by atoms with Gasteiger partial charge < -0.3 is 9.64 Å². The number of benzene rings is 1. The molecular formula is C20H20BrN5O2. The summed E-state index contributed by atoms with van der Waals surface area (Å²) in [5.74, 6) is 0.864. The third-order valence-corrected chi connectivity index (χ3v) is 5.18. The van der Waals surface area contributed by atoms with Crippen molar-refractivity contribution in [2.24, 2.45) is 0 Å². The highest BCUT2D eigenvalue weighted by Gasteiger charge is 2.31. The Morgan fingerprint density at radius 1 is 1.32 bits per heavy atom. The van der Waals surface area contributed by atoms with Crippen molar-refractivity contribution in [1.29, 1.82) is 0 Å². The Hall–Kier alpha value is -2.74. The number of likely N-dealkylation sites (tertiary alicyclic amines) is 1. The molecule has 1 aliphatic rings. The quantitative estimate of drug-likeness (QED) is 0.601. The summed E-state index contributed by atoms with van der Waals surface area (Å²) < 4.78 is 7.95. The Morgan fingerprint density at radius 3 is 3.04 bits per heavy atom. The van der Waals surface area contributed by atoms with E-state index in [4.69, 9.17) is 4.74 Å². The second kappa shape index (κ2) is 8.10. The van der Waals surface area contributed by atoms with E-state index >= 15 is 0 Å². The highest BCUT2D eigenvalue weighted by atomic mass is 79.9. The van der Waals surface area contributed by atoms with Gasteiger partial charge in [-0.1, -0.05) is 28.1 Å². The van der Waals surface area contributed by atoms with Crippen molar-refractivity contribution in [3.05, 3.63) is 64.7 Å². The van der Waals surface area contributed by atoms with Crippen molar-refractivity contribution in [3.8, 4) is 11.7 Å². The van der Waals surface area contributed by atoms with Crippen LogP contribution in [-0.4, -0.2) is 43.7 Å². The number of ether oxygens (including phenoxy) is 1. The molecule has 1 fully saturated rings. The van der Waals surface area contributed by atoms with Gasteiger partial charge in [0, 0.05) is 17.2 Å². The lowest BCUT2D eigenvalue weighted by Crippen LogP contribution is -2.31. The van der Waals surface area contributed by atoms with E-state index in [2.05, 4.69) is 43.1 Å². The van der Waals surface area contributed by atoms with Crippen molar-refractivity contribution in [2.45, 2.75) is 25.8 Å². The molecule has 0 radical (unpaired) electrons. The van der Waals surface area contributed by atoms with E-state index in [0.717, 1.165) is 29.4 Å². The summed E-state index contributed by atoms with van der Waals surface area (Å²) >= 11 is 3.51. The van der Waals surface area contributed by atoms with Crippen LogP contribution in [0.15, 0.2) is 53.4 Å². The summed E-state index contributed by atoms with van der Waals surface area (Å²) in [4.78, 5) is 23.5. The first-order valence-corrected chi connectivity index (χ1v) is 10.0. The number of rotatable bonds is 5. The first kappa shape index (κ1) is 18.6. The van der Waals surface area contributed by atoms with Crippen molar-refractivity contribution in [1.82, 2.24) is 24.6 Å². The van der Waals surface area contributed by atoms with Crippen LogP contribution in [0.5, 0.6) is 5.88 Å². The first-order chi connectivity index (χ1) is 13.7. The van der Waals surface area contributed by atoms with Crippen LogP contribution in [0, 0.1) is 0 Å². The molecule has 8 heteroatoms. The third kappa shape index (κ3) is 3.77. The maximum absolute atomic E-state index is 13.1. The van der Waals surface area contributed by atoms with E-state index in [1.54, 1.807) is 29.3 Å². The van der Waals surface area contributed by atoms with Gasteiger partial charge in [0.15, 0.2) is 11.5 Å². The molecular weight excluding hydrogens is 422 g/mol. The zero-order valence-electron chi connectivity index (χ0n) is 15.5. The number of halogens is 1. The predicted octanol–water partition coefficient (Wildman–Crippen LogP) is 3.80. The number of carbonyl (C=O) groups excluding carboxylic acids is 1. The predicted molar refractivity (Wildman–Crippen MR) is 107 cm³/mol. The average Bonchev–Trinajstić information content (AvgIpc) is 3.38. The molecule has 4 rings (SSSR count). The Bertz CT molecular complexity index is 990. The molecule has 7 nitrogen and oxygen atoms in total. The van der Waals surface area contributed by atoms with Gasteiger partial charge in [-0.15, -0.1) is 0 Å². The van der Waals surface area contributed by atoms with Gasteiger partial charge in [-0.3, -0.25) is 9.78 Å². The SMILES string of the molecule is CCOc1cncc(-n2ccc(C(=O)N3CCC[C@@H]3c3cccc(Br)c3)n2)n1. The lowest BCUT2D eigenvalue weighted by Gasteiger charge is -2.24. The average molecular weight is 442 g/mol. The van der Waals surface area contributed by atoms with Crippen LogP contribution in [0.3, 0.4) is 0 Å². The van der Waals surface area contributed by atoms with Crippen LogP contribution in [0.1, 0.15) is 41.9 Å². The summed E-state index contributed by atoms with van der Waals surface area (Å²) in [5, 5.41) is 4.43. The molecule has 1 aromatic carbocycles. The van der Waals surface area contributed by atoms with E-state index in [0.29, 0.717) is 24.0 Å². The molecule has 3 heterocycles. The molecule has 2 aromatic heterocycles. The van der Waals surface area contributed by atoms with Crippen LogP contribution in [0.2, 0.25) is 0 Å². The van der Waals surface area contributed by atoms with Gasteiger partial charge in [-0.05, 0) is 43.5 Å². The zero-order chi connectivity index (χ0) is 19.5. The molecule has 1 amide bonds. The van der Waals surface area contributed by atoms with Crippen molar-refractivity contribution in [3.63, 3.8) is 0 Å². The molecule has 28 heavy (non-hydrogen) atoms. The Labute approximate surface area is 171 Å². The number of aromatic nitrogens is 4. The standard InChI is InChI=1S/C20H20BrN5O2/c1-2-28-19-13-22-12-18(23-19)26-10-8-16(24-26)20(27)25-9-4-7-17(25)14-5-3-6-15(21)11-14/h3,5-6,8,10-13,17H,2,4,7,9H2,1H3/t17-/m1/s1. The molecule has 0 bridgehead atoms. The van der Waals surface area contributed by atoms with E-state index in [9.17, 15) is 4.79 Å². The third-order valence-electron chi connectivity index (χ3n) is 4.68. The van der Waals surface area contributed by atoms with Crippen molar-refractivity contribution >= 4 is 21.8 Å². The molecule has 0 N–H and O–H groups in total. The van der Waals surface area contributed by atoms with Gasteiger partial charge >= 0.3 is 0 Å². The fourth-order valence-corrected chi connectivity index (χ4v) is 3.87. The number of hydrogen-bond acceptors (Lipinski definition) is 5. The molecule has 1 aliphatic heterocycles. The molecule has 3 aromatic rings. The smallest absolute Gasteiger partial charge is 0.274 e. The van der Waals surface area contributed by atoms with Gasteiger partial charge in [0.1, 0.15) is 0 Å². The Morgan fingerprint density at radius 2 is 2.21 bits per heavy atom. The molecule has 0 saturated carbocycles. The lowest BCUT2D eigenvalue weighted by molar-refractivity contribution is 0.0729. The van der Waals surface area contributed by atoms with Gasteiger partial charge in [-0.25, -0.2) is 4.68 Å². The summed E-state index contributed by atoms with van der Waals surface area (Å²) in [6.45, 7) is 3.12. The van der Waals surface area contributed by atoms with Crippen molar-refractivity contribution < 1.29 is 9.53 Å². The van der Waals surface area contributed by atoms with Gasteiger partial charge in [-0.2, -0.15) is 10.1 Å². The lowest BCUT2D eigenvalue weighted by atomic mass is 10.0. The van der Waals surface area contributed by atoms with Crippen molar-refractivity contribution in [2.75, 3.05) is 13.2 Å². The molecule has 1 saturated heterocycles. The Kier molecular flexibility index (Phi) is 5.38. The number of hydrogen-bond donors (Lipinski definition) is 0. The maximum atomic E-state index is 13.1. The largest absolute Gasteiger partial charge is 0.477 e. The van der Waals surface area contributed by atoms with Crippen LogP contribution in [0.4, 0.5) is 0 Å². The van der Waals surface area contributed by atoms with E-state index in [1.807, 2.05) is 24.0 Å².